The lowest BCUT2D eigenvalue weighted by Crippen LogP contribution is -2.27. The lowest BCUT2D eigenvalue weighted by Gasteiger charge is -2.21. The fraction of sp³-hybridized carbons (Fsp3) is 0.471. The number of ketones is 1. The first kappa shape index (κ1) is 16.7. The van der Waals surface area contributed by atoms with Gasteiger partial charge in [0, 0.05) is 17.4 Å². The summed E-state index contributed by atoms with van der Waals surface area (Å²) in [5.41, 5.74) is 0.667. The van der Waals surface area contributed by atoms with E-state index in [9.17, 15) is 9.59 Å². The molecule has 1 aliphatic carbocycles. The molecule has 0 amide bonds. The maximum absolute atomic E-state index is 12.8. The zero-order valence-corrected chi connectivity index (χ0v) is 15.5. The normalized spacial score (nSPS) is 18.5. The first-order valence-electron chi connectivity index (χ1n) is 7.99. The predicted octanol–water partition coefficient (Wildman–Crippen LogP) is 4.17. The number of thioether (sulfide) groups is 1. The molecule has 0 radical (unpaired) electrons. The quantitative estimate of drug-likeness (QED) is 0.729. The SMILES string of the molecule is CCCn1c(S[C@H]2CCCCC2=O)nc2ccc(Br)cc2c1=O. The van der Waals surface area contributed by atoms with Crippen molar-refractivity contribution < 1.29 is 4.79 Å². The van der Waals surface area contributed by atoms with E-state index in [1.807, 2.05) is 25.1 Å². The first-order valence-corrected chi connectivity index (χ1v) is 9.67. The topological polar surface area (TPSA) is 52.0 Å². The Morgan fingerprint density at radius 2 is 2.17 bits per heavy atom. The summed E-state index contributed by atoms with van der Waals surface area (Å²) in [6.07, 6.45) is 4.44. The van der Waals surface area contributed by atoms with Crippen molar-refractivity contribution in [3.05, 3.63) is 33.0 Å². The summed E-state index contributed by atoms with van der Waals surface area (Å²) >= 11 is 4.87. The molecule has 6 heteroatoms. The summed E-state index contributed by atoms with van der Waals surface area (Å²) < 4.78 is 2.59. The van der Waals surface area contributed by atoms with E-state index < -0.39 is 0 Å². The van der Waals surface area contributed by atoms with E-state index in [0.29, 0.717) is 29.0 Å². The summed E-state index contributed by atoms with van der Waals surface area (Å²) in [6, 6.07) is 5.56. The van der Waals surface area contributed by atoms with Gasteiger partial charge in [0.1, 0.15) is 5.78 Å². The van der Waals surface area contributed by atoms with Crippen LogP contribution in [0.1, 0.15) is 39.0 Å². The van der Waals surface area contributed by atoms with Gasteiger partial charge in [-0.3, -0.25) is 14.2 Å². The van der Waals surface area contributed by atoms with Gasteiger partial charge in [0.05, 0.1) is 16.2 Å². The van der Waals surface area contributed by atoms with Gasteiger partial charge in [0.25, 0.3) is 5.56 Å². The Balaban J connectivity index is 2.07. The smallest absolute Gasteiger partial charge is 0.262 e. The molecule has 0 saturated heterocycles. The Hall–Kier alpha value is -1.14. The molecule has 1 aromatic heterocycles. The molecule has 0 unspecified atom stereocenters. The number of aromatic nitrogens is 2. The van der Waals surface area contributed by atoms with Crippen LogP contribution in [-0.4, -0.2) is 20.6 Å². The molecule has 2 aromatic rings. The van der Waals surface area contributed by atoms with Gasteiger partial charge in [-0.2, -0.15) is 0 Å². The third kappa shape index (κ3) is 3.53. The lowest BCUT2D eigenvalue weighted by atomic mass is 9.99. The standard InChI is InChI=1S/C17H19BrN2O2S/c1-2-9-20-16(22)12-10-11(18)7-8-13(12)19-17(20)23-15-6-4-3-5-14(15)21/h7-8,10,15H,2-6,9H2,1H3/t15-/m0/s1. The summed E-state index contributed by atoms with van der Waals surface area (Å²) in [5.74, 6) is 0.287. The molecule has 23 heavy (non-hydrogen) atoms. The zero-order chi connectivity index (χ0) is 16.4. The van der Waals surface area contributed by atoms with Gasteiger partial charge in [-0.15, -0.1) is 0 Å². The molecule has 4 nitrogen and oxygen atoms in total. The Morgan fingerprint density at radius 3 is 2.91 bits per heavy atom. The molecular weight excluding hydrogens is 376 g/mol. The molecule has 0 N–H and O–H groups in total. The maximum atomic E-state index is 12.8. The second kappa shape index (κ2) is 7.18. The van der Waals surface area contributed by atoms with Crippen LogP contribution in [-0.2, 0) is 11.3 Å². The van der Waals surface area contributed by atoms with E-state index >= 15 is 0 Å². The van der Waals surface area contributed by atoms with Gasteiger partial charge in [-0.05, 0) is 37.5 Å². The highest BCUT2D eigenvalue weighted by molar-refractivity contribution is 9.10. The van der Waals surface area contributed by atoms with Crippen molar-refractivity contribution in [1.29, 1.82) is 0 Å². The zero-order valence-electron chi connectivity index (χ0n) is 13.0. The minimum atomic E-state index is -0.0633. The minimum Gasteiger partial charge on any atom is -0.298 e. The van der Waals surface area contributed by atoms with Crippen LogP contribution >= 0.6 is 27.7 Å². The van der Waals surface area contributed by atoms with Crippen LogP contribution in [0.2, 0.25) is 0 Å². The Bertz CT molecular complexity index is 803. The summed E-state index contributed by atoms with van der Waals surface area (Å²) in [6.45, 7) is 2.66. The molecule has 0 aliphatic heterocycles. The van der Waals surface area contributed by atoms with Crippen molar-refractivity contribution in [1.82, 2.24) is 9.55 Å². The van der Waals surface area contributed by atoms with Crippen LogP contribution in [0, 0.1) is 0 Å². The number of Topliss-reactive ketones (excluding diaryl/α,β-unsaturated/α-hetero) is 1. The molecule has 1 aliphatic rings. The number of carbonyl (C=O) groups is 1. The summed E-state index contributed by atoms with van der Waals surface area (Å²) in [4.78, 5) is 29.6. The fourth-order valence-corrected chi connectivity index (χ4v) is 4.49. The molecule has 1 atom stereocenters. The summed E-state index contributed by atoms with van der Waals surface area (Å²) in [5, 5.41) is 1.23. The number of benzene rings is 1. The molecule has 0 spiro atoms. The van der Waals surface area contributed by atoms with Crippen molar-refractivity contribution in [2.75, 3.05) is 0 Å². The Kier molecular flexibility index (Phi) is 5.21. The van der Waals surface area contributed by atoms with Crippen molar-refractivity contribution in [3.63, 3.8) is 0 Å². The first-order chi connectivity index (χ1) is 11.1. The molecule has 0 bridgehead atoms. The van der Waals surface area contributed by atoms with E-state index in [-0.39, 0.29) is 16.6 Å². The van der Waals surface area contributed by atoms with Crippen molar-refractivity contribution in [2.24, 2.45) is 0 Å². The average molecular weight is 395 g/mol. The van der Waals surface area contributed by atoms with E-state index in [1.165, 1.54) is 11.8 Å². The highest BCUT2D eigenvalue weighted by Crippen LogP contribution is 2.31. The fourth-order valence-electron chi connectivity index (χ4n) is 2.89. The average Bonchev–Trinajstić information content (AvgIpc) is 2.54. The van der Waals surface area contributed by atoms with E-state index in [0.717, 1.165) is 30.2 Å². The molecule has 122 valence electrons. The molecule has 1 heterocycles. The van der Waals surface area contributed by atoms with Gasteiger partial charge >= 0.3 is 0 Å². The van der Waals surface area contributed by atoms with Gasteiger partial charge in [-0.1, -0.05) is 41.0 Å². The second-order valence-electron chi connectivity index (χ2n) is 5.83. The number of rotatable bonds is 4. The lowest BCUT2D eigenvalue weighted by molar-refractivity contribution is -0.119. The third-order valence-corrected chi connectivity index (χ3v) is 5.87. The maximum Gasteiger partial charge on any atom is 0.262 e. The van der Waals surface area contributed by atoms with Crippen molar-refractivity contribution in [2.45, 2.75) is 56.0 Å². The van der Waals surface area contributed by atoms with E-state index in [2.05, 4.69) is 20.9 Å². The monoisotopic (exact) mass is 394 g/mol. The summed E-state index contributed by atoms with van der Waals surface area (Å²) in [7, 11) is 0. The molecule has 1 aromatic carbocycles. The Labute approximate surface area is 147 Å². The minimum absolute atomic E-state index is 0.0242. The van der Waals surface area contributed by atoms with E-state index in [4.69, 9.17) is 0 Å². The number of fused-ring (bicyclic) bond motifs is 1. The largest absolute Gasteiger partial charge is 0.298 e. The van der Waals surface area contributed by atoms with Gasteiger partial charge in [0.15, 0.2) is 5.16 Å². The van der Waals surface area contributed by atoms with Crippen LogP contribution in [0.25, 0.3) is 10.9 Å². The molecule has 1 fully saturated rings. The van der Waals surface area contributed by atoms with Crippen LogP contribution < -0.4 is 5.56 Å². The van der Waals surface area contributed by atoms with Crippen LogP contribution in [0.4, 0.5) is 0 Å². The number of hydrogen-bond acceptors (Lipinski definition) is 4. The number of carbonyl (C=O) groups excluding carboxylic acids is 1. The van der Waals surface area contributed by atoms with E-state index in [1.54, 1.807) is 4.57 Å². The number of hydrogen-bond donors (Lipinski definition) is 0. The highest BCUT2D eigenvalue weighted by atomic mass is 79.9. The molecular formula is C17H19BrN2O2S. The van der Waals surface area contributed by atoms with Crippen LogP contribution in [0.15, 0.2) is 32.6 Å². The van der Waals surface area contributed by atoms with Gasteiger partial charge in [-0.25, -0.2) is 4.98 Å². The highest BCUT2D eigenvalue weighted by Gasteiger charge is 2.25. The van der Waals surface area contributed by atoms with Crippen molar-refractivity contribution in [3.8, 4) is 0 Å². The van der Waals surface area contributed by atoms with Crippen LogP contribution in [0.5, 0.6) is 0 Å². The molecule has 3 rings (SSSR count). The third-order valence-electron chi connectivity index (χ3n) is 4.07. The number of nitrogens with zero attached hydrogens (tertiary/aromatic N) is 2. The van der Waals surface area contributed by atoms with Crippen LogP contribution in [0.3, 0.4) is 0 Å². The second-order valence-corrected chi connectivity index (χ2v) is 7.92. The predicted molar refractivity (Wildman–Crippen MR) is 97.1 cm³/mol. The Morgan fingerprint density at radius 1 is 1.35 bits per heavy atom. The van der Waals surface area contributed by atoms with Gasteiger partial charge < -0.3 is 0 Å². The molecule has 1 saturated carbocycles. The number of halogens is 1. The van der Waals surface area contributed by atoms with Crippen molar-refractivity contribution >= 4 is 44.4 Å². The van der Waals surface area contributed by atoms with Gasteiger partial charge in [0.2, 0.25) is 0 Å².